The molecule has 0 spiro atoms. The summed E-state index contributed by atoms with van der Waals surface area (Å²) in [5.74, 6) is 0. The molecule has 4 heteroatoms. The zero-order valence-corrected chi connectivity index (χ0v) is 12.3. The van der Waals surface area contributed by atoms with Gasteiger partial charge in [0.2, 0.25) is 0 Å². The first-order chi connectivity index (χ1) is 9.06. The lowest BCUT2D eigenvalue weighted by molar-refractivity contribution is 0.165. The number of benzene rings is 1. The van der Waals surface area contributed by atoms with Crippen LogP contribution in [0.4, 0.5) is 11.4 Å². The number of nitrogens with two attached hydrogens (primary N) is 1. The lowest BCUT2D eigenvalue weighted by atomic mass is 10.2. The monoisotopic (exact) mass is 262 g/mol. The molecule has 1 heterocycles. The predicted octanol–water partition coefficient (Wildman–Crippen LogP) is 1.34. The Kier molecular flexibility index (Phi) is 4.66. The van der Waals surface area contributed by atoms with E-state index in [1.807, 2.05) is 12.1 Å². The number of rotatable bonds is 4. The number of hydrogen-bond donors (Lipinski definition) is 1. The molecule has 2 rings (SSSR count). The molecule has 1 aliphatic heterocycles. The quantitative estimate of drug-likeness (QED) is 0.831. The lowest BCUT2D eigenvalue weighted by Crippen LogP contribution is -2.51. The number of hydrogen-bond acceptors (Lipinski definition) is 4. The van der Waals surface area contributed by atoms with E-state index in [4.69, 9.17) is 5.73 Å². The zero-order valence-electron chi connectivity index (χ0n) is 12.3. The summed E-state index contributed by atoms with van der Waals surface area (Å²) in [5.41, 5.74) is 7.85. The van der Waals surface area contributed by atoms with Crippen molar-refractivity contribution in [3.05, 3.63) is 24.3 Å². The van der Waals surface area contributed by atoms with Crippen LogP contribution >= 0.6 is 0 Å². The van der Waals surface area contributed by atoms with Crippen LogP contribution in [0.15, 0.2) is 24.3 Å². The summed E-state index contributed by atoms with van der Waals surface area (Å²) in [5, 5.41) is 0. The third kappa shape index (κ3) is 3.85. The minimum Gasteiger partial charge on any atom is -0.399 e. The van der Waals surface area contributed by atoms with E-state index >= 15 is 0 Å². The topological polar surface area (TPSA) is 35.7 Å². The van der Waals surface area contributed by atoms with E-state index < -0.39 is 0 Å². The van der Waals surface area contributed by atoms with Gasteiger partial charge in [0.05, 0.1) is 0 Å². The predicted molar refractivity (Wildman–Crippen MR) is 82.7 cm³/mol. The van der Waals surface area contributed by atoms with E-state index in [2.05, 4.69) is 47.9 Å². The fourth-order valence-electron chi connectivity index (χ4n) is 2.75. The van der Waals surface area contributed by atoms with Gasteiger partial charge in [-0.2, -0.15) is 0 Å². The van der Waals surface area contributed by atoms with Crippen molar-refractivity contribution in [2.75, 3.05) is 57.5 Å². The van der Waals surface area contributed by atoms with Gasteiger partial charge in [-0.25, -0.2) is 0 Å². The van der Waals surface area contributed by atoms with Crippen molar-refractivity contribution < 1.29 is 0 Å². The molecule has 0 saturated carbocycles. The Morgan fingerprint density at radius 1 is 1.11 bits per heavy atom. The van der Waals surface area contributed by atoms with Gasteiger partial charge in [-0.05, 0) is 45.3 Å². The second kappa shape index (κ2) is 6.26. The van der Waals surface area contributed by atoms with E-state index in [0.29, 0.717) is 6.04 Å². The summed E-state index contributed by atoms with van der Waals surface area (Å²) in [7, 11) is 4.28. The number of likely N-dealkylation sites (N-methyl/N-ethyl adjacent to an activating group) is 1. The normalized spacial score (nSPS) is 18.8. The Morgan fingerprint density at radius 3 is 2.21 bits per heavy atom. The molecular weight excluding hydrogens is 236 g/mol. The first kappa shape index (κ1) is 14.2. The van der Waals surface area contributed by atoms with Gasteiger partial charge in [0.25, 0.3) is 0 Å². The van der Waals surface area contributed by atoms with Crippen molar-refractivity contribution in [1.82, 2.24) is 9.80 Å². The van der Waals surface area contributed by atoms with E-state index in [1.54, 1.807) is 0 Å². The first-order valence-corrected chi connectivity index (χ1v) is 7.05. The van der Waals surface area contributed by atoms with Gasteiger partial charge in [0, 0.05) is 50.1 Å². The van der Waals surface area contributed by atoms with Crippen LogP contribution in [0.1, 0.15) is 6.92 Å². The minimum absolute atomic E-state index is 0.628. The number of piperazine rings is 1. The SMILES string of the molecule is CC(CN(C)C)N1CCN(c2ccc(N)cc2)CC1. The Hall–Kier alpha value is -1.26. The number of nitrogen functional groups attached to an aromatic ring is 1. The van der Waals surface area contributed by atoms with Crippen LogP contribution in [0.5, 0.6) is 0 Å². The second-order valence-electron chi connectivity index (χ2n) is 5.73. The van der Waals surface area contributed by atoms with Crippen LogP contribution in [0.25, 0.3) is 0 Å². The summed E-state index contributed by atoms with van der Waals surface area (Å²) < 4.78 is 0. The van der Waals surface area contributed by atoms with E-state index in [-0.39, 0.29) is 0 Å². The molecule has 0 radical (unpaired) electrons. The highest BCUT2D eigenvalue weighted by Crippen LogP contribution is 2.18. The van der Waals surface area contributed by atoms with Crippen LogP contribution in [-0.4, -0.2) is 62.7 Å². The van der Waals surface area contributed by atoms with Crippen molar-refractivity contribution in [3.63, 3.8) is 0 Å². The summed E-state index contributed by atoms with van der Waals surface area (Å²) in [6.07, 6.45) is 0. The molecule has 1 aliphatic rings. The molecule has 0 aliphatic carbocycles. The third-order valence-electron chi connectivity index (χ3n) is 3.83. The van der Waals surface area contributed by atoms with Crippen LogP contribution in [-0.2, 0) is 0 Å². The molecule has 0 amide bonds. The Morgan fingerprint density at radius 2 is 1.68 bits per heavy atom. The van der Waals surface area contributed by atoms with Crippen molar-refractivity contribution in [2.45, 2.75) is 13.0 Å². The van der Waals surface area contributed by atoms with E-state index in [9.17, 15) is 0 Å². The van der Waals surface area contributed by atoms with Crippen LogP contribution in [0.2, 0.25) is 0 Å². The lowest BCUT2D eigenvalue weighted by Gasteiger charge is -2.39. The van der Waals surface area contributed by atoms with Gasteiger partial charge in [0.15, 0.2) is 0 Å². The van der Waals surface area contributed by atoms with Gasteiger partial charge >= 0.3 is 0 Å². The molecule has 19 heavy (non-hydrogen) atoms. The molecule has 0 bridgehead atoms. The maximum Gasteiger partial charge on any atom is 0.0368 e. The molecule has 1 aromatic rings. The minimum atomic E-state index is 0.628. The summed E-state index contributed by atoms with van der Waals surface area (Å²) in [6.45, 7) is 7.92. The van der Waals surface area contributed by atoms with Crippen LogP contribution in [0, 0.1) is 0 Å². The van der Waals surface area contributed by atoms with Crippen molar-refractivity contribution >= 4 is 11.4 Å². The Balaban J connectivity index is 1.87. The fourth-order valence-corrected chi connectivity index (χ4v) is 2.75. The average Bonchev–Trinajstić information content (AvgIpc) is 2.39. The molecule has 1 atom stereocenters. The summed E-state index contributed by atoms with van der Waals surface area (Å²) >= 11 is 0. The largest absolute Gasteiger partial charge is 0.399 e. The van der Waals surface area contributed by atoms with E-state index in [1.165, 1.54) is 5.69 Å². The fraction of sp³-hybridized carbons (Fsp3) is 0.600. The zero-order chi connectivity index (χ0) is 13.8. The van der Waals surface area contributed by atoms with Crippen molar-refractivity contribution in [1.29, 1.82) is 0 Å². The molecule has 106 valence electrons. The maximum absolute atomic E-state index is 5.73. The highest BCUT2D eigenvalue weighted by molar-refractivity contribution is 5.53. The van der Waals surface area contributed by atoms with Gasteiger partial charge in [0.1, 0.15) is 0 Å². The first-order valence-electron chi connectivity index (χ1n) is 7.05. The van der Waals surface area contributed by atoms with Gasteiger partial charge in [-0.15, -0.1) is 0 Å². The number of nitrogens with zero attached hydrogens (tertiary/aromatic N) is 3. The van der Waals surface area contributed by atoms with E-state index in [0.717, 1.165) is 38.4 Å². The standard InChI is InChI=1S/C15H26N4/c1-13(12-17(2)3)18-8-10-19(11-9-18)15-6-4-14(16)5-7-15/h4-7,13H,8-12,16H2,1-3H3. The smallest absolute Gasteiger partial charge is 0.0368 e. The van der Waals surface area contributed by atoms with Gasteiger partial charge in [-0.3, -0.25) is 4.90 Å². The molecule has 1 saturated heterocycles. The molecule has 4 nitrogen and oxygen atoms in total. The Labute approximate surface area is 116 Å². The molecule has 1 unspecified atom stereocenters. The summed E-state index contributed by atoms with van der Waals surface area (Å²) in [6, 6.07) is 8.83. The molecular formula is C15H26N4. The maximum atomic E-state index is 5.73. The van der Waals surface area contributed by atoms with Crippen molar-refractivity contribution in [3.8, 4) is 0 Å². The molecule has 1 aromatic carbocycles. The van der Waals surface area contributed by atoms with Gasteiger partial charge < -0.3 is 15.5 Å². The number of anilines is 2. The molecule has 0 aromatic heterocycles. The second-order valence-corrected chi connectivity index (χ2v) is 5.73. The average molecular weight is 262 g/mol. The molecule has 1 fully saturated rings. The molecule has 2 N–H and O–H groups in total. The highest BCUT2D eigenvalue weighted by atomic mass is 15.3. The van der Waals surface area contributed by atoms with Crippen LogP contribution in [0.3, 0.4) is 0 Å². The van der Waals surface area contributed by atoms with Crippen molar-refractivity contribution in [2.24, 2.45) is 0 Å². The highest BCUT2D eigenvalue weighted by Gasteiger charge is 2.21. The van der Waals surface area contributed by atoms with Crippen LogP contribution < -0.4 is 10.6 Å². The summed E-state index contributed by atoms with van der Waals surface area (Å²) in [4.78, 5) is 7.28. The Bertz CT molecular complexity index is 380. The third-order valence-corrected chi connectivity index (χ3v) is 3.83. The van der Waals surface area contributed by atoms with Gasteiger partial charge in [-0.1, -0.05) is 0 Å².